The van der Waals surface area contributed by atoms with Gasteiger partial charge in [0, 0.05) is 18.8 Å². The van der Waals surface area contributed by atoms with Gasteiger partial charge in [-0.1, -0.05) is 19.3 Å². The van der Waals surface area contributed by atoms with Crippen molar-refractivity contribution in [3.63, 3.8) is 0 Å². The van der Waals surface area contributed by atoms with E-state index in [1.807, 2.05) is 0 Å². The van der Waals surface area contributed by atoms with E-state index in [1.165, 1.54) is 32.1 Å². The number of nitrogens with zero attached hydrogens (tertiary/aromatic N) is 2. The van der Waals surface area contributed by atoms with Crippen molar-refractivity contribution in [2.45, 2.75) is 38.1 Å². The summed E-state index contributed by atoms with van der Waals surface area (Å²) in [5.74, 6) is 1.28. The van der Waals surface area contributed by atoms with Crippen LogP contribution in [0, 0.1) is 17.2 Å². The van der Waals surface area contributed by atoms with Crippen molar-refractivity contribution < 1.29 is 0 Å². The third kappa shape index (κ3) is 2.99. The zero-order chi connectivity index (χ0) is 12.8. The summed E-state index contributed by atoms with van der Waals surface area (Å²) in [6.45, 7) is 0.589. The van der Waals surface area contributed by atoms with Crippen LogP contribution in [0.2, 0.25) is 0 Å². The Labute approximate surface area is 108 Å². The number of anilines is 1. The zero-order valence-electron chi connectivity index (χ0n) is 10.6. The standard InChI is InChI=1S/C14H20N4/c15-9-12-7-4-8-17-14(12)18-13(10-16)11-5-2-1-3-6-11/h4,7-8,11,13H,1-3,5-6,10,16H2,(H,17,18). The molecule has 1 aromatic rings. The molecule has 4 heteroatoms. The highest BCUT2D eigenvalue weighted by Gasteiger charge is 2.23. The van der Waals surface area contributed by atoms with E-state index in [-0.39, 0.29) is 6.04 Å². The molecule has 1 aliphatic rings. The van der Waals surface area contributed by atoms with Crippen LogP contribution in [0.1, 0.15) is 37.7 Å². The third-order valence-electron chi connectivity index (χ3n) is 3.72. The van der Waals surface area contributed by atoms with Crippen LogP contribution >= 0.6 is 0 Å². The van der Waals surface area contributed by atoms with E-state index in [1.54, 1.807) is 18.3 Å². The Morgan fingerprint density at radius 3 is 2.89 bits per heavy atom. The molecule has 18 heavy (non-hydrogen) atoms. The second-order valence-corrected chi connectivity index (χ2v) is 4.90. The van der Waals surface area contributed by atoms with E-state index < -0.39 is 0 Å². The molecule has 0 aliphatic heterocycles. The lowest BCUT2D eigenvalue weighted by Gasteiger charge is -2.30. The van der Waals surface area contributed by atoms with Gasteiger partial charge in [-0.25, -0.2) is 4.98 Å². The van der Waals surface area contributed by atoms with Gasteiger partial charge in [-0.15, -0.1) is 0 Å². The second kappa shape index (κ2) is 6.36. The predicted molar refractivity (Wildman–Crippen MR) is 72.0 cm³/mol. The van der Waals surface area contributed by atoms with Crippen molar-refractivity contribution in [2.75, 3.05) is 11.9 Å². The van der Waals surface area contributed by atoms with Crippen LogP contribution in [0.4, 0.5) is 5.82 Å². The minimum Gasteiger partial charge on any atom is -0.365 e. The summed E-state index contributed by atoms with van der Waals surface area (Å²) in [6.07, 6.45) is 8.07. The van der Waals surface area contributed by atoms with Crippen LogP contribution in [0.5, 0.6) is 0 Å². The van der Waals surface area contributed by atoms with Crippen LogP contribution in [0.15, 0.2) is 18.3 Å². The van der Waals surface area contributed by atoms with Crippen molar-refractivity contribution in [3.8, 4) is 6.07 Å². The summed E-state index contributed by atoms with van der Waals surface area (Å²) in [6, 6.07) is 5.95. The van der Waals surface area contributed by atoms with Gasteiger partial charge in [0.2, 0.25) is 0 Å². The Morgan fingerprint density at radius 1 is 1.44 bits per heavy atom. The number of nitriles is 1. The van der Waals surface area contributed by atoms with Crippen molar-refractivity contribution in [2.24, 2.45) is 11.7 Å². The Bertz CT molecular complexity index is 418. The lowest BCUT2D eigenvalue weighted by molar-refractivity contribution is 0.320. The highest BCUT2D eigenvalue weighted by atomic mass is 15.0. The summed E-state index contributed by atoms with van der Waals surface area (Å²) < 4.78 is 0. The predicted octanol–water partition coefficient (Wildman–Crippen LogP) is 2.27. The summed E-state index contributed by atoms with van der Waals surface area (Å²) in [5, 5.41) is 12.4. The van der Waals surface area contributed by atoms with Crippen molar-refractivity contribution in [1.82, 2.24) is 4.98 Å². The SMILES string of the molecule is N#Cc1cccnc1NC(CN)C1CCCCC1. The maximum atomic E-state index is 9.05. The fourth-order valence-electron chi connectivity index (χ4n) is 2.69. The molecule has 3 N–H and O–H groups in total. The number of pyridine rings is 1. The lowest BCUT2D eigenvalue weighted by atomic mass is 9.84. The summed E-state index contributed by atoms with van der Waals surface area (Å²) >= 11 is 0. The van der Waals surface area contributed by atoms with Crippen molar-refractivity contribution in [1.29, 1.82) is 5.26 Å². The number of hydrogen-bond acceptors (Lipinski definition) is 4. The van der Waals surface area contributed by atoms with Gasteiger partial charge in [0.05, 0.1) is 5.56 Å². The number of nitrogens with one attached hydrogen (secondary N) is 1. The molecule has 1 aromatic heterocycles. The molecule has 0 bridgehead atoms. The highest BCUT2D eigenvalue weighted by Crippen LogP contribution is 2.28. The number of hydrogen-bond donors (Lipinski definition) is 2. The normalized spacial score (nSPS) is 18.0. The minimum atomic E-state index is 0.229. The topological polar surface area (TPSA) is 74.7 Å². The first kappa shape index (κ1) is 12.8. The minimum absolute atomic E-state index is 0.229. The van der Waals surface area contributed by atoms with Gasteiger partial charge in [-0.05, 0) is 30.9 Å². The lowest BCUT2D eigenvalue weighted by Crippen LogP contribution is -2.37. The van der Waals surface area contributed by atoms with E-state index in [0.717, 1.165) is 0 Å². The maximum absolute atomic E-state index is 9.05. The van der Waals surface area contributed by atoms with E-state index in [4.69, 9.17) is 11.0 Å². The molecule has 0 radical (unpaired) electrons. The number of nitrogens with two attached hydrogens (primary N) is 1. The van der Waals surface area contributed by atoms with Gasteiger partial charge in [-0.2, -0.15) is 5.26 Å². The molecule has 0 spiro atoms. The first-order valence-corrected chi connectivity index (χ1v) is 6.67. The smallest absolute Gasteiger partial charge is 0.144 e. The van der Waals surface area contributed by atoms with Crippen molar-refractivity contribution >= 4 is 5.82 Å². The molecule has 1 atom stereocenters. The average molecular weight is 244 g/mol. The third-order valence-corrected chi connectivity index (χ3v) is 3.72. The average Bonchev–Trinajstić information content (AvgIpc) is 2.46. The van der Waals surface area contributed by atoms with E-state index in [2.05, 4.69) is 16.4 Å². The number of rotatable bonds is 4. The van der Waals surface area contributed by atoms with Crippen LogP contribution < -0.4 is 11.1 Å². The fourth-order valence-corrected chi connectivity index (χ4v) is 2.69. The molecule has 1 unspecified atom stereocenters. The molecule has 2 rings (SSSR count). The largest absolute Gasteiger partial charge is 0.365 e. The van der Waals surface area contributed by atoms with E-state index in [0.29, 0.717) is 23.8 Å². The van der Waals surface area contributed by atoms with Gasteiger partial charge in [0.15, 0.2) is 0 Å². The molecule has 0 aromatic carbocycles. The molecule has 0 amide bonds. The Balaban J connectivity index is 2.07. The van der Waals surface area contributed by atoms with Crippen LogP contribution in [-0.4, -0.2) is 17.6 Å². The number of aromatic nitrogens is 1. The summed E-state index contributed by atoms with van der Waals surface area (Å²) in [5.41, 5.74) is 6.46. The highest BCUT2D eigenvalue weighted by molar-refractivity contribution is 5.51. The monoisotopic (exact) mass is 244 g/mol. The Morgan fingerprint density at radius 2 is 2.22 bits per heavy atom. The first-order chi connectivity index (χ1) is 8.85. The van der Waals surface area contributed by atoms with Crippen LogP contribution in [0.3, 0.4) is 0 Å². The zero-order valence-corrected chi connectivity index (χ0v) is 10.6. The molecule has 1 aliphatic carbocycles. The van der Waals surface area contributed by atoms with Crippen LogP contribution in [-0.2, 0) is 0 Å². The van der Waals surface area contributed by atoms with Gasteiger partial charge < -0.3 is 11.1 Å². The molecule has 1 saturated carbocycles. The van der Waals surface area contributed by atoms with Gasteiger partial charge >= 0.3 is 0 Å². The maximum Gasteiger partial charge on any atom is 0.144 e. The molecule has 96 valence electrons. The van der Waals surface area contributed by atoms with E-state index in [9.17, 15) is 0 Å². The van der Waals surface area contributed by atoms with Gasteiger partial charge in [0.25, 0.3) is 0 Å². The first-order valence-electron chi connectivity index (χ1n) is 6.67. The Hall–Kier alpha value is -1.60. The van der Waals surface area contributed by atoms with Crippen LogP contribution in [0.25, 0.3) is 0 Å². The molecule has 1 heterocycles. The van der Waals surface area contributed by atoms with E-state index >= 15 is 0 Å². The van der Waals surface area contributed by atoms with Gasteiger partial charge in [0.1, 0.15) is 11.9 Å². The quantitative estimate of drug-likeness (QED) is 0.852. The molecule has 0 saturated heterocycles. The fraction of sp³-hybridized carbons (Fsp3) is 0.571. The summed E-state index contributed by atoms with van der Waals surface area (Å²) in [7, 11) is 0. The molecular formula is C14H20N4. The molecular weight excluding hydrogens is 224 g/mol. The molecule has 4 nitrogen and oxygen atoms in total. The van der Waals surface area contributed by atoms with Gasteiger partial charge in [-0.3, -0.25) is 0 Å². The summed E-state index contributed by atoms with van der Waals surface area (Å²) in [4.78, 5) is 4.24. The Kier molecular flexibility index (Phi) is 4.54. The second-order valence-electron chi connectivity index (χ2n) is 4.90. The van der Waals surface area contributed by atoms with Crippen molar-refractivity contribution in [3.05, 3.63) is 23.9 Å². The molecule has 1 fully saturated rings.